The van der Waals surface area contributed by atoms with E-state index in [9.17, 15) is 14.4 Å². The van der Waals surface area contributed by atoms with Gasteiger partial charge in [0.05, 0.1) is 12.1 Å². The van der Waals surface area contributed by atoms with Gasteiger partial charge in [0.25, 0.3) is 0 Å². The van der Waals surface area contributed by atoms with Gasteiger partial charge in [-0.2, -0.15) is 0 Å². The number of nitrogens with one attached hydrogen (secondary N) is 1. The summed E-state index contributed by atoms with van der Waals surface area (Å²) in [6.45, 7) is 2.61. The van der Waals surface area contributed by atoms with Crippen LogP contribution in [0.5, 0.6) is 5.75 Å². The maximum absolute atomic E-state index is 13.1. The first-order valence-corrected chi connectivity index (χ1v) is 11.2. The minimum absolute atomic E-state index is 0.00128. The third kappa shape index (κ3) is 3.77. The Kier molecular flexibility index (Phi) is 4.91. The number of amides is 3. The normalized spacial score (nSPS) is 23.9. The second-order valence-corrected chi connectivity index (χ2v) is 9.21. The number of hydrogen-bond donors (Lipinski definition) is 1. The van der Waals surface area contributed by atoms with Gasteiger partial charge in [-0.05, 0) is 37.8 Å². The van der Waals surface area contributed by atoms with E-state index >= 15 is 0 Å². The molecule has 3 amide bonds. The number of ether oxygens (including phenoxy) is 1. The van der Waals surface area contributed by atoms with Crippen molar-refractivity contribution in [3.63, 3.8) is 0 Å². The Morgan fingerprint density at radius 3 is 2.17 bits per heavy atom. The van der Waals surface area contributed by atoms with Crippen LogP contribution in [-0.2, 0) is 14.4 Å². The maximum atomic E-state index is 13.1. The third-order valence-corrected chi connectivity index (χ3v) is 7.04. The number of carbonyl (C=O) groups excluding carboxylic acids is 3. The van der Waals surface area contributed by atoms with Gasteiger partial charge in [0.1, 0.15) is 11.4 Å². The van der Waals surface area contributed by atoms with E-state index in [0.717, 1.165) is 25.7 Å². The van der Waals surface area contributed by atoms with Gasteiger partial charge in [-0.1, -0.05) is 12.1 Å². The smallest absolute Gasteiger partial charge is 0.228 e. The summed E-state index contributed by atoms with van der Waals surface area (Å²) in [6, 6.07) is 7.52. The van der Waals surface area contributed by atoms with Gasteiger partial charge in [-0.15, -0.1) is 0 Å². The predicted molar refractivity (Wildman–Crippen MR) is 111 cm³/mol. The van der Waals surface area contributed by atoms with E-state index in [1.54, 1.807) is 0 Å². The summed E-state index contributed by atoms with van der Waals surface area (Å²) in [7, 11) is 0. The number of fused-ring (bicyclic) bond motifs is 1. The largest absolute Gasteiger partial charge is 0.484 e. The average molecular weight is 412 g/mol. The highest BCUT2D eigenvalue weighted by molar-refractivity contribution is 5.93. The molecule has 0 unspecified atom stereocenters. The number of hydrogen-bond acceptors (Lipinski definition) is 4. The molecule has 3 heterocycles. The summed E-state index contributed by atoms with van der Waals surface area (Å²) in [5.41, 5.74) is 0.165. The Labute approximate surface area is 176 Å². The molecule has 1 aromatic carbocycles. The molecule has 0 radical (unpaired) electrons. The van der Waals surface area contributed by atoms with Gasteiger partial charge in [-0.25, -0.2) is 0 Å². The summed E-state index contributed by atoms with van der Waals surface area (Å²) in [6.07, 6.45) is 5.18. The summed E-state index contributed by atoms with van der Waals surface area (Å²) in [5.74, 6) is 1.40. The van der Waals surface area contributed by atoms with Crippen LogP contribution in [0.15, 0.2) is 24.3 Å². The predicted octanol–water partition coefficient (Wildman–Crippen LogP) is 2.42. The molecule has 2 saturated heterocycles. The minimum atomic E-state index is -0.548. The third-order valence-electron chi connectivity index (χ3n) is 7.04. The molecule has 1 N–H and O–H groups in total. The van der Waals surface area contributed by atoms with Crippen molar-refractivity contribution in [2.45, 2.75) is 50.5 Å². The second-order valence-electron chi connectivity index (χ2n) is 9.21. The monoisotopic (exact) mass is 411 g/mol. The molecule has 1 aromatic rings. The topological polar surface area (TPSA) is 79.0 Å². The van der Waals surface area contributed by atoms with E-state index in [2.05, 4.69) is 5.32 Å². The zero-order chi connectivity index (χ0) is 20.7. The molecule has 7 heteroatoms. The lowest BCUT2D eigenvalue weighted by atomic mass is 9.86. The van der Waals surface area contributed by atoms with Gasteiger partial charge >= 0.3 is 0 Å². The Bertz CT molecular complexity index is 850. The molecule has 1 saturated carbocycles. The van der Waals surface area contributed by atoms with Gasteiger partial charge in [0.15, 0.2) is 0 Å². The number of para-hydroxylation sites is 2. The van der Waals surface area contributed by atoms with E-state index in [0.29, 0.717) is 56.9 Å². The molecule has 5 rings (SSSR count). The van der Waals surface area contributed by atoms with Gasteiger partial charge < -0.3 is 19.9 Å². The zero-order valence-corrected chi connectivity index (χ0v) is 17.3. The Morgan fingerprint density at radius 1 is 0.900 bits per heavy atom. The highest BCUT2D eigenvalue weighted by Crippen LogP contribution is 2.39. The van der Waals surface area contributed by atoms with E-state index in [4.69, 9.17) is 4.74 Å². The standard InChI is InChI=1S/C23H29N3O4/c27-20-15-23(30-19-4-2-1-3-18(19)24-20)9-13-26(14-10-23)22(29)17-7-11-25(12-8-17)21(28)16-5-6-16/h1-4,16-17H,5-15H2,(H,24,27). The number of rotatable bonds is 2. The first kappa shape index (κ1) is 19.4. The fourth-order valence-corrected chi connectivity index (χ4v) is 5.02. The van der Waals surface area contributed by atoms with Crippen molar-refractivity contribution in [2.24, 2.45) is 11.8 Å². The fourth-order valence-electron chi connectivity index (χ4n) is 5.02. The van der Waals surface area contributed by atoms with Crippen molar-refractivity contribution in [1.29, 1.82) is 0 Å². The van der Waals surface area contributed by atoms with Crippen LogP contribution < -0.4 is 10.1 Å². The zero-order valence-electron chi connectivity index (χ0n) is 17.3. The lowest BCUT2D eigenvalue weighted by molar-refractivity contribution is -0.144. The van der Waals surface area contributed by atoms with Crippen LogP contribution in [0.25, 0.3) is 0 Å². The lowest BCUT2D eigenvalue weighted by Gasteiger charge is -2.42. The molecule has 0 bridgehead atoms. The molecule has 160 valence electrons. The van der Waals surface area contributed by atoms with Crippen LogP contribution in [0.1, 0.15) is 44.9 Å². The van der Waals surface area contributed by atoms with Crippen molar-refractivity contribution >= 4 is 23.4 Å². The summed E-state index contributed by atoms with van der Waals surface area (Å²) in [5, 5.41) is 2.93. The van der Waals surface area contributed by atoms with E-state index in [1.165, 1.54) is 0 Å². The molecular formula is C23H29N3O4. The molecule has 3 aliphatic heterocycles. The molecule has 3 fully saturated rings. The summed E-state index contributed by atoms with van der Waals surface area (Å²) in [4.78, 5) is 41.6. The van der Waals surface area contributed by atoms with Crippen molar-refractivity contribution < 1.29 is 19.1 Å². The molecule has 0 atom stereocenters. The van der Waals surface area contributed by atoms with E-state index < -0.39 is 5.60 Å². The van der Waals surface area contributed by atoms with Crippen LogP contribution >= 0.6 is 0 Å². The van der Waals surface area contributed by atoms with E-state index in [-0.39, 0.29) is 29.6 Å². The lowest BCUT2D eigenvalue weighted by Crippen LogP contribution is -2.52. The van der Waals surface area contributed by atoms with Crippen molar-refractivity contribution in [3.05, 3.63) is 24.3 Å². The van der Waals surface area contributed by atoms with Crippen LogP contribution in [0.4, 0.5) is 5.69 Å². The Balaban J connectivity index is 1.18. The first-order chi connectivity index (χ1) is 14.5. The number of nitrogens with zero attached hydrogens (tertiary/aromatic N) is 2. The number of piperidine rings is 2. The molecule has 30 heavy (non-hydrogen) atoms. The second kappa shape index (κ2) is 7.60. The quantitative estimate of drug-likeness (QED) is 0.811. The van der Waals surface area contributed by atoms with Crippen molar-refractivity contribution in [3.8, 4) is 5.75 Å². The number of anilines is 1. The number of benzene rings is 1. The maximum Gasteiger partial charge on any atom is 0.228 e. The number of likely N-dealkylation sites (tertiary alicyclic amines) is 2. The van der Waals surface area contributed by atoms with Crippen LogP contribution in [0, 0.1) is 11.8 Å². The van der Waals surface area contributed by atoms with Crippen molar-refractivity contribution in [1.82, 2.24) is 9.80 Å². The molecule has 0 aromatic heterocycles. The van der Waals surface area contributed by atoms with E-state index in [1.807, 2.05) is 34.1 Å². The molecular weight excluding hydrogens is 382 g/mol. The van der Waals surface area contributed by atoms with Crippen LogP contribution in [-0.4, -0.2) is 59.3 Å². The molecule has 1 aliphatic carbocycles. The SMILES string of the molecule is O=C1CC2(CCN(C(=O)C3CCN(C(=O)C4CC4)CC3)CC2)Oc2ccccc2N1. The minimum Gasteiger partial charge on any atom is -0.484 e. The van der Waals surface area contributed by atoms with Gasteiger partial charge in [0.2, 0.25) is 17.7 Å². The van der Waals surface area contributed by atoms with Crippen LogP contribution in [0.2, 0.25) is 0 Å². The van der Waals surface area contributed by atoms with Crippen LogP contribution in [0.3, 0.4) is 0 Å². The van der Waals surface area contributed by atoms with Crippen molar-refractivity contribution in [2.75, 3.05) is 31.5 Å². The molecule has 7 nitrogen and oxygen atoms in total. The molecule has 4 aliphatic rings. The summed E-state index contributed by atoms with van der Waals surface area (Å²) >= 11 is 0. The average Bonchev–Trinajstić information content (AvgIpc) is 3.60. The fraction of sp³-hybridized carbons (Fsp3) is 0.609. The Morgan fingerprint density at radius 2 is 1.50 bits per heavy atom. The summed E-state index contributed by atoms with van der Waals surface area (Å²) < 4.78 is 6.33. The molecule has 1 spiro atoms. The Hall–Kier alpha value is -2.57. The van der Waals surface area contributed by atoms with Gasteiger partial charge in [-0.3, -0.25) is 14.4 Å². The van der Waals surface area contributed by atoms with Gasteiger partial charge in [0, 0.05) is 50.9 Å². The first-order valence-electron chi connectivity index (χ1n) is 11.2. The number of carbonyl (C=O) groups is 3. The highest BCUT2D eigenvalue weighted by atomic mass is 16.5. The highest BCUT2D eigenvalue weighted by Gasteiger charge is 2.43.